The summed E-state index contributed by atoms with van der Waals surface area (Å²) in [5.74, 6) is 1.47. The van der Waals surface area contributed by atoms with Crippen LogP contribution in [0.25, 0.3) is 0 Å². The minimum atomic E-state index is -0.0287. The van der Waals surface area contributed by atoms with Gasteiger partial charge in [0.05, 0.1) is 37.6 Å². The van der Waals surface area contributed by atoms with Crippen molar-refractivity contribution in [3.05, 3.63) is 64.7 Å². The van der Waals surface area contributed by atoms with Crippen LogP contribution in [0.3, 0.4) is 0 Å². The summed E-state index contributed by atoms with van der Waals surface area (Å²) in [6.07, 6.45) is 3.58. The van der Waals surface area contributed by atoms with Crippen LogP contribution in [0.5, 0.6) is 0 Å². The second kappa shape index (κ2) is 9.79. The Kier molecular flexibility index (Phi) is 6.37. The Hall–Kier alpha value is -2.61. The molecule has 0 saturated carbocycles. The molecule has 3 unspecified atom stereocenters. The lowest BCUT2D eigenvalue weighted by Crippen LogP contribution is -2.74. The van der Waals surface area contributed by atoms with Crippen LogP contribution < -0.4 is 4.90 Å². The Morgan fingerprint density at radius 2 is 1.77 bits per heavy atom. The molecule has 39 heavy (non-hydrogen) atoms. The highest BCUT2D eigenvalue weighted by Crippen LogP contribution is 2.52. The van der Waals surface area contributed by atoms with Crippen LogP contribution in [0.4, 0.5) is 10.5 Å². The number of anilines is 1. The zero-order valence-electron chi connectivity index (χ0n) is 22.4. The van der Waals surface area contributed by atoms with Gasteiger partial charge in [-0.25, -0.2) is 4.79 Å². The summed E-state index contributed by atoms with van der Waals surface area (Å²) < 4.78 is 1.20. The SMILES string of the molecule is O=C1N(Cc2ccccc2)CCN1c1ccc(CC2CCN(C3C4C[C@H](CCO)[N+]5(C4)CC3C5)C2=O)c(Cl)c1. The van der Waals surface area contributed by atoms with Crippen molar-refractivity contribution in [3.63, 3.8) is 0 Å². The Balaban J connectivity index is 0.993. The first kappa shape index (κ1) is 25.4. The van der Waals surface area contributed by atoms with Gasteiger partial charge in [-0.3, -0.25) is 9.69 Å². The van der Waals surface area contributed by atoms with Gasteiger partial charge in [-0.05, 0) is 36.1 Å². The molecule has 6 fully saturated rings. The summed E-state index contributed by atoms with van der Waals surface area (Å²) in [5, 5.41) is 10.2. The van der Waals surface area contributed by atoms with Gasteiger partial charge in [-0.1, -0.05) is 48.0 Å². The molecule has 7 nitrogen and oxygen atoms in total. The summed E-state index contributed by atoms with van der Waals surface area (Å²) in [5.41, 5.74) is 2.93. The number of carbonyl (C=O) groups excluding carboxylic acids is 2. The van der Waals surface area contributed by atoms with Crippen molar-refractivity contribution in [2.75, 3.05) is 50.8 Å². The molecule has 6 aliphatic heterocycles. The van der Waals surface area contributed by atoms with E-state index < -0.39 is 0 Å². The van der Waals surface area contributed by atoms with Gasteiger partial charge in [0.15, 0.2) is 0 Å². The van der Waals surface area contributed by atoms with Gasteiger partial charge in [0, 0.05) is 68.2 Å². The fourth-order valence-corrected chi connectivity index (χ4v) is 8.90. The highest BCUT2D eigenvalue weighted by Gasteiger charge is 2.66. The molecule has 8 heteroatoms. The highest BCUT2D eigenvalue weighted by atomic mass is 35.5. The average molecular weight is 550 g/mol. The number of aliphatic hydroxyl groups is 1. The number of benzene rings is 2. The van der Waals surface area contributed by atoms with Gasteiger partial charge in [-0.2, -0.15) is 0 Å². The van der Waals surface area contributed by atoms with Gasteiger partial charge in [-0.15, -0.1) is 0 Å². The average Bonchev–Trinajstić information content (AvgIpc) is 3.54. The summed E-state index contributed by atoms with van der Waals surface area (Å²) in [6, 6.07) is 16.9. The van der Waals surface area contributed by atoms with Crippen LogP contribution >= 0.6 is 11.6 Å². The number of hydrogen-bond donors (Lipinski definition) is 1. The number of piperidine rings is 2. The number of nitrogens with zero attached hydrogens (tertiary/aromatic N) is 4. The molecular formula is C31H38ClN4O3+. The van der Waals surface area contributed by atoms with Crippen LogP contribution in [0.15, 0.2) is 48.5 Å². The molecule has 4 atom stereocenters. The van der Waals surface area contributed by atoms with E-state index in [0.29, 0.717) is 60.9 Å². The van der Waals surface area contributed by atoms with Crippen molar-refractivity contribution < 1.29 is 19.2 Å². The van der Waals surface area contributed by atoms with Crippen LogP contribution in [-0.4, -0.2) is 89.3 Å². The Morgan fingerprint density at radius 3 is 2.54 bits per heavy atom. The van der Waals surface area contributed by atoms with Crippen molar-refractivity contribution in [1.82, 2.24) is 9.80 Å². The zero-order chi connectivity index (χ0) is 26.7. The molecule has 206 valence electrons. The highest BCUT2D eigenvalue weighted by molar-refractivity contribution is 6.31. The minimum absolute atomic E-state index is 0.00328. The van der Waals surface area contributed by atoms with Gasteiger partial charge in [0.25, 0.3) is 0 Å². The summed E-state index contributed by atoms with van der Waals surface area (Å²) >= 11 is 6.76. The molecule has 0 aromatic heterocycles. The van der Waals surface area contributed by atoms with E-state index in [9.17, 15) is 14.7 Å². The fraction of sp³-hybridized carbons (Fsp3) is 0.548. The normalized spacial score (nSPS) is 33.3. The zero-order valence-corrected chi connectivity index (χ0v) is 23.2. The third-order valence-electron chi connectivity index (χ3n) is 10.4. The van der Waals surface area contributed by atoms with E-state index in [2.05, 4.69) is 4.90 Å². The van der Waals surface area contributed by atoms with Crippen molar-refractivity contribution in [1.29, 1.82) is 0 Å². The lowest BCUT2D eigenvalue weighted by Gasteiger charge is -2.58. The quantitative estimate of drug-likeness (QED) is 0.510. The largest absolute Gasteiger partial charge is 0.396 e. The maximum atomic E-state index is 13.6. The smallest absolute Gasteiger partial charge is 0.324 e. The van der Waals surface area contributed by atoms with E-state index in [-0.39, 0.29) is 18.6 Å². The number of quaternary nitrogens is 1. The van der Waals surface area contributed by atoms with Crippen molar-refractivity contribution in [2.45, 2.75) is 44.3 Å². The predicted octanol–water partition coefficient (Wildman–Crippen LogP) is 3.77. The van der Waals surface area contributed by atoms with E-state index in [1.54, 1.807) is 4.90 Å². The Labute approximate surface area is 235 Å². The van der Waals surface area contributed by atoms with Crippen LogP contribution in [0, 0.1) is 17.8 Å². The van der Waals surface area contributed by atoms with Crippen LogP contribution in [0.1, 0.15) is 30.4 Å². The molecule has 8 rings (SSSR count). The van der Waals surface area contributed by atoms with Gasteiger partial charge < -0.3 is 19.4 Å². The molecule has 1 spiro atoms. The molecule has 1 N–H and O–H groups in total. The molecule has 0 aliphatic carbocycles. The molecule has 6 saturated heterocycles. The second-order valence-electron chi connectivity index (χ2n) is 12.5. The molecular weight excluding hydrogens is 512 g/mol. The maximum absolute atomic E-state index is 13.6. The number of amides is 3. The molecule has 6 aliphatic rings. The summed E-state index contributed by atoms with van der Waals surface area (Å²) in [4.78, 5) is 32.6. The number of urea groups is 1. The first-order valence-corrected chi connectivity index (χ1v) is 15.0. The third kappa shape index (κ3) is 4.25. The van der Waals surface area contributed by atoms with E-state index >= 15 is 0 Å². The predicted molar refractivity (Wildman–Crippen MR) is 150 cm³/mol. The molecule has 3 bridgehead atoms. The molecule has 6 heterocycles. The molecule has 3 amide bonds. The number of carbonyl (C=O) groups is 2. The number of likely N-dealkylation sites (tertiary alicyclic amines) is 1. The Morgan fingerprint density at radius 1 is 0.974 bits per heavy atom. The Bertz CT molecular complexity index is 1270. The first-order valence-electron chi connectivity index (χ1n) is 14.6. The van der Waals surface area contributed by atoms with Crippen molar-refractivity contribution in [2.24, 2.45) is 17.8 Å². The molecule has 2 aromatic rings. The van der Waals surface area contributed by atoms with E-state index in [0.717, 1.165) is 42.6 Å². The standard InChI is InChI=1S/C31H38ClN4O3/c32-28-16-26(34-12-11-33(31(34)39)17-21-4-2-1-3-5-21)7-6-22(28)14-23-8-10-35(30(23)38)29-24-15-27(9-13-37)36(18-24)19-25(29)20-36/h1-7,16,23-25,27,29,37H,8-15,17-20H2/q+1/t23?,24?,25?,27-,29?,36?/m0/s1. The van der Waals surface area contributed by atoms with E-state index in [1.165, 1.54) is 24.1 Å². The maximum Gasteiger partial charge on any atom is 0.324 e. The van der Waals surface area contributed by atoms with Gasteiger partial charge >= 0.3 is 6.03 Å². The molecule has 0 radical (unpaired) electrons. The van der Waals surface area contributed by atoms with Gasteiger partial charge in [0.2, 0.25) is 5.91 Å². The van der Waals surface area contributed by atoms with Crippen LogP contribution in [0.2, 0.25) is 5.02 Å². The number of hydrogen-bond acceptors (Lipinski definition) is 3. The number of aliphatic hydroxyl groups excluding tert-OH is 1. The van der Waals surface area contributed by atoms with Crippen molar-refractivity contribution >= 4 is 29.2 Å². The fourth-order valence-electron chi connectivity index (χ4n) is 8.65. The number of rotatable bonds is 8. The van der Waals surface area contributed by atoms with E-state index in [4.69, 9.17) is 11.6 Å². The van der Waals surface area contributed by atoms with Crippen LogP contribution in [-0.2, 0) is 17.8 Å². The van der Waals surface area contributed by atoms with Crippen molar-refractivity contribution in [3.8, 4) is 0 Å². The summed E-state index contributed by atoms with van der Waals surface area (Å²) in [7, 11) is 0. The second-order valence-corrected chi connectivity index (χ2v) is 12.9. The first-order chi connectivity index (χ1) is 19.0. The summed E-state index contributed by atoms with van der Waals surface area (Å²) in [6.45, 7) is 6.61. The van der Waals surface area contributed by atoms with Gasteiger partial charge in [0.1, 0.15) is 0 Å². The topological polar surface area (TPSA) is 64.1 Å². The lowest BCUT2D eigenvalue weighted by atomic mass is 9.77. The minimum Gasteiger partial charge on any atom is -0.396 e. The van der Waals surface area contributed by atoms with E-state index in [1.807, 2.05) is 53.4 Å². The monoisotopic (exact) mass is 549 g/mol. The third-order valence-corrected chi connectivity index (χ3v) is 10.8. The number of halogens is 1. The lowest BCUT2D eigenvalue weighted by molar-refractivity contribution is -0.992. The molecule has 2 aromatic carbocycles.